The van der Waals surface area contributed by atoms with Gasteiger partial charge in [0.15, 0.2) is 0 Å². The van der Waals surface area contributed by atoms with Crippen LogP contribution in [0.3, 0.4) is 0 Å². The molecule has 0 amide bonds. The van der Waals surface area contributed by atoms with Crippen LogP contribution in [-0.2, 0) is 10.0 Å². The monoisotopic (exact) mass is 328 g/mol. The molecule has 0 spiro atoms. The number of rotatable bonds is 5. The maximum absolute atomic E-state index is 12.4. The van der Waals surface area contributed by atoms with E-state index in [0.717, 1.165) is 0 Å². The molecule has 2 rings (SSSR count). The van der Waals surface area contributed by atoms with Gasteiger partial charge in [0.05, 0.1) is 26.1 Å². The van der Waals surface area contributed by atoms with Gasteiger partial charge >= 0.3 is 0 Å². The van der Waals surface area contributed by atoms with E-state index in [4.69, 9.17) is 21.1 Å². The van der Waals surface area contributed by atoms with Gasteiger partial charge in [0.25, 0.3) is 10.0 Å². The molecule has 0 radical (unpaired) electrons. The predicted octanol–water partition coefficient (Wildman–Crippen LogP) is 2.55. The van der Waals surface area contributed by atoms with E-state index >= 15 is 0 Å². The number of sulfonamides is 1. The molecule has 1 N–H and O–H groups in total. The molecule has 112 valence electrons. The zero-order valence-corrected chi connectivity index (χ0v) is 12.9. The van der Waals surface area contributed by atoms with Gasteiger partial charge < -0.3 is 9.47 Å². The molecule has 21 heavy (non-hydrogen) atoms. The lowest BCUT2D eigenvalue weighted by atomic mass is 10.3. The fourth-order valence-corrected chi connectivity index (χ4v) is 3.11. The fraction of sp³-hybridized carbons (Fsp3) is 0.154. The average Bonchev–Trinajstić information content (AvgIpc) is 2.47. The second kappa shape index (κ2) is 6.19. The number of aromatic nitrogens is 1. The maximum atomic E-state index is 12.4. The lowest BCUT2D eigenvalue weighted by Crippen LogP contribution is -2.14. The molecule has 0 bridgehead atoms. The molecule has 0 atom stereocenters. The summed E-state index contributed by atoms with van der Waals surface area (Å²) in [5, 5.41) is 0.295. The van der Waals surface area contributed by atoms with Crippen LogP contribution in [0.4, 0.5) is 5.69 Å². The Morgan fingerprint density at radius 1 is 1.14 bits per heavy atom. The Morgan fingerprint density at radius 3 is 2.48 bits per heavy atom. The van der Waals surface area contributed by atoms with Crippen molar-refractivity contribution in [3.63, 3.8) is 0 Å². The standard InChI is InChI=1S/C13H13ClN2O4S/c1-19-11-5-3-9(14)7-12(11)21(17,18)16-10-4-6-13(20-2)15-8-10/h3-8,16H,1-2H3. The summed E-state index contributed by atoms with van der Waals surface area (Å²) in [6.07, 6.45) is 1.35. The number of ether oxygens (including phenoxy) is 2. The number of nitrogens with one attached hydrogen (secondary N) is 1. The number of hydrogen-bond acceptors (Lipinski definition) is 5. The Balaban J connectivity index is 2.35. The fourth-order valence-electron chi connectivity index (χ4n) is 1.63. The highest BCUT2D eigenvalue weighted by Crippen LogP contribution is 2.28. The second-order valence-corrected chi connectivity index (χ2v) is 6.08. The van der Waals surface area contributed by atoms with E-state index < -0.39 is 10.0 Å². The van der Waals surface area contributed by atoms with Gasteiger partial charge in [-0.3, -0.25) is 4.72 Å². The number of nitrogens with zero attached hydrogens (tertiary/aromatic N) is 1. The Labute approximate surface area is 127 Å². The average molecular weight is 329 g/mol. The van der Waals surface area contributed by atoms with Gasteiger partial charge in [-0.25, -0.2) is 13.4 Å². The minimum absolute atomic E-state index is 0.0479. The highest BCUT2D eigenvalue weighted by Gasteiger charge is 2.20. The summed E-state index contributed by atoms with van der Waals surface area (Å²) in [7, 11) is -0.977. The molecule has 8 heteroatoms. The van der Waals surface area contributed by atoms with E-state index in [1.807, 2.05) is 0 Å². The maximum Gasteiger partial charge on any atom is 0.265 e. The molecule has 0 fully saturated rings. The highest BCUT2D eigenvalue weighted by molar-refractivity contribution is 7.92. The second-order valence-electron chi connectivity index (χ2n) is 3.99. The molecule has 2 aromatic rings. The van der Waals surface area contributed by atoms with Crippen LogP contribution in [0, 0.1) is 0 Å². The summed E-state index contributed by atoms with van der Waals surface area (Å²) < 4.78 is 37.1. The van der Waals surface area contributed by atoms with E-state index in [0.29, 0.717) is 16.6 Å². The summed E-state index contributed by atoms with van der Waals surface area (Å²) in [6, 6.07) is 7.45. The first-order chi connectivity index (χ1) is 9.96. The zero-order valence-electron chi connectivity index (χ0n) is 11.3. The summed E-state index contributed by atoms with van der Waals surface area (Å²) in [5.41, 5.74) is 0.304. The third-order valence-electron chi connectivity index (χ3n) is 2.61. The molecule has 0 unspecified atom stereocenters. The quantitative estimate of drug-likeness (QED) is 0.912. The number of methoxy groups -OCH3 is 2. The third kappa shape index (κ3) is 3.56. The summed E-state index contributed by atoms with van der Waals surface area (Å²) in [6.45, 7) is 0. The summed E-state index contributed by atoms with van der Waals surface area (Å²) in [5.74, 6) is 0.589. The van der Waals surface area contributed by atoms with Crippen molar-refractivity contribution in [2.75, 3.05) is 18.9 Å². The van der Waals surface area contributed by atoms with Gasteiger partial charge in [0.1, 0.15) is 10.6 Å². The van der Waals surface area contributed by atoms with Gasteiger partial charge in [-0.2, -0.15) is 0 Å². The van der Waals surface area contributed by atoms with E-state index in [2.05, 4.69) is 9.71 Å². The van der Waals surface area contributed by atoms with E-state index in [1.54, 1.807) is 18.2 Å². The van der Waals surface area contributed by atoms with Gasteiger partial charge in [0.2, 0.25) is 5.88 Å². The Hall–Kier alpha value is -1.99. The molecule has 6 nitrogen and oxygen atoms in total. The first-order valence-corrected chi connectivity index (χ1v) is 7.69. The van der Waals surface area contributed by atoms with Gasteiger partial charge in [-0.1, -0.05) is 11.6 Å². The van der Waals surface area contributed by atoms with Crippen molar-refractivity contribution < 1.29 is 17.9 Å². The number of halogens is 1. The molecule has 1 heterocycles. The molecule has 0 saturated carbocycles. The Morgan fingerprint density at radius 2 is 1.90 bits per heavy atom. The van der Waals surface area contributed by atoms with E-state index in [9.17, 15) is 8.42 Å². The largest absolute Gasteiger partial charge is 0.495 e. The van der Waals surface area contributed by atoms with Crippen molar-refractivity contribution in [3.05, 3.63) is 41.6 Å². The Bertz CT molecular complexity index is 732. The molecule has 1 aromatic carbocycles. The van der Waals surface area contributed by atoms with Crippen LogP contribution in [0.5, 0.6) is 11.6 Å². The molecule has 0 aliphatic heterocycles. The smallest absolute Gasteiger partial charge is 0.265 e. The molecule has 0 aliphatic carbocycles. The van der Waals surface area contributed by atoms with Crippen LogP contribution in [0.2, 0.25) is 5.02 Å². The van der Waals surface area contributed by atoms with Crippen LogP contribution in [-0.4, -0.2) is 27.6 Å². The van der Waals surface area contributed by atoms with E-state index in [1.165, 1.54) is 32.5 Å². The van der Waals surface area contributed by atoms with Gasteiger partial charge in [0, 0.05) is 11.1 Å². The van der Waals surface area contributed by atoms with Gasteiger partial charge in [-0.05, 0) is 24.3 Å². The van der Waals surface area contributed by atoms with Crippen LogP contribution < -0.4 is 14.2 Å². The van der Waals surface area contributed by atoms with Crippen molar-refractivity contribution in [1.82, 2.24) is 4.98 Å². The number of benzene rings is 1. The topological polar surface area (TPSA) is 77.5 Å². The first kappa shape index (κ1) is 15.4. The third-order valence-corrected chi connectivity index (χ3v) is 4.25. The molecule has 0 aliphatic rings. The number of pyridine rings is 1. The predicted molar refractivity (Wildman–Crippen MR) is 79.6 cm³/mol. The van der Waals surface area contributed by atoms with Crippen molar-refractivity contribution in [2.45, 2.75) is 4.90 Å². The lowest BCUT2D eigenvalue weighted by molar-refractivity contribution is 0.398. The summed E-state index contributed by atoms with van der Waals surface area (Å²) in [4.78, 5) is 3.88. The van der Waals surface area contributed by atoms with Gasteiger partial charge in [-0.15, -0.1) is 0 Å². The van der Waals surface area contributed by atoms with Crippen molar-refractivity contribution in [3.8, 4) is 11.6 Å². The van der Waals surface area contributed by atoms with Crippen molar-refractivity contribution >= 4 is 27.3 Å². The first-order valence-electron chi connectivity index (χ1n) is 5.82. The normalized spacial score (nSPS) is 11.0. The van der Waals surface area contributed by atoms with Crippen molar-refractivity contribution in [1.29, 1.82) is 0 Å². The molecule has 0 saturated heterocycles. The number of hydrogen-bond donors (Lipinski definition) is 1. The molecular weight excluding hydrogens is 316 g/mol. The highest BCUT2D eigenvalue weighted by atomic mass is 35.5. The van der Waals surface area contributed by atoms with E-state index in [-0.39, 0.29) is 10.6 Å². The lowest BCUT2D eigenvalue weighted by Gasteiger charge is -2.11. The minimum Gasteiger partial charge on any atom is -0.495 e. The Kier molecular flexibility index (Phi) is 4.54. The zero-order chi connectivity index (χ0) is 15.5. The number of anilines is 1. The SMILES string of the molecule is COc1ccc(NS(=O)(=O)c2cc(Cl)ccc2OC)cn1. The van der Waals surface area contributed by atoms with Crippen LogP contribution in [0.15, 0.2) is 41.4 Å². The van der Waals surface area contributed by atoms with Crippen molar-refractivity contribution in [2.24, 2.45) is 0 Å². The molecular formula is C13H13ClN2O4S. The molecule has 1 aromatic heterocycles. The van der Waals surface area contributed by atoms with Crippen LogP contribution in [0.1, 0.15) is 0 Å². The minimum atomic E-state index is -3.84. The van der Waals surface area contributed by atoms with Crippen LogP contribution >= 0.6 is 11.6 Å². The van der Waals surface area contributed by atoms with Crippen LogP contribution in [0.25, 0.3) is 0 Å². The summed E-state index contributed by atoms with van der Waals surface area (Å²) >= 11 is 5.85.